The topological polar surface area (TPSA) is 83.1 Å². The summed E-state index contributed by atoms with van der Waals surface area (Å²) < 4.78 is 0. The van der Waals surface area contributed by atoms with E-state index in [0.717, 1.165) is 24.0 Å². The second-order valence-electron chi connectivity index (χ2n) is 8.15. The van der Waals surface area contributed by atoms with Crippen LogP contribution in [0.15, 0.2) is 76.3 Å². The van der Waals surface area contributed by atoms with Crippen LogP contribution in [0.4, 0.5) is 0 Å². The van der Waals surface area contributed by atoms with Crippen LogP contribution in [0.25, 0.3) is 0 Å². The highest BCUT2D eigenvalue weighted by molar-refractivity contribution is 6.24. The minimum absolute atomic E-state index is 0.118. The molecule has 152 valence electrons. The number of fused-ring (bicyclic) bond motifs is 1. The number of allylic oxidation sites excluding steroid dienone is 1. The van der Waals surface area contributed by atoms with Crippen molar-refractivity contribution in [3.8, 4) is 0 Å². The molecule has 0 radical (unpaired) electrons. The van der Waals surface area contributed by atoms with Gasteiger partial charge in [0.1, 0.15) is 12.1 Å². The first-order valence-corrected chi connectivity index (χ1v) is 10.4. The van der Waals surface area contributed by atoms with Crippen molar-refractivity contribution < 1.29 is 4.79 Å². The molecule has 6 heteroatoms. The Bertz CT molecular complexity index is 1050. The molecule has 6 nitrogen and oxygen atoms in total. The van der Waals surface area contributed by atoms with Crippen LogP contribution >= 0.6 is 0 Å². The molecule has 3 N–H and O–H groups in total. The predicted molar refractivity (Wildman–Crippen MR) is 118 cm³/mol. The lowest BCUT2D eigenvalue weighted by Gasteiger charge is -2.38. The van der Waals surface area contributed by atoms with Crippen molar-refractivity contribution in [2.45, 2.75) is 36.9 Å². The number of carbonyl (C=O) groups is 1. The van der Waals surface area contributed by atoms with Crippen LogP contribution < -0.4 is 11.1 Å². The second kappa shape index (κ2) is 7.22. The SMILES string of the molecule is CNC(=O)C1=CC=NN2C1=NC(c1ccc(C3(N)CCC3)cc1)C2c1ccccc1. The molecule has 3 aliphatic rings. The van der Waals surface area contributed by atoms with E-state index in [1.165, 1.54) is 12.0 Å². The maximum atomic E-state index is 12.4. The predicted octanol–water partition coefficient (Wildman–Crippen LogP) is 3.19. The van der Waals surface area contributed by atoms with Crippen LogP contribution in [0.3, 0.4) is 0 Å². The molecule has 0 aromatic heterocycles. The summed E-state index contributed by atoms with van der Waals surface area (Å²) in [7, 11) is 1.63. The summed E-state index contributed by atoms with van der Waals surface area (Å²) in [6.07, 6.45) is 6.64. The minimum atomic E-state index is -0.185. The van der Waals surface area contributed by atoms with Gasteiger partial charge in [-0.2, -0.15) is 5.10 Å². The molecular formula is C24H25N5O. The smallest absolute Gasteiger partial charge is 0.254 e. The molecule has 2 aromatic carbocycles. The number of rotatable bonds is 4. The number of nitrogens with zero attached hydrogens (tertiary/aromatic N) is 3. The van der Waals surface area contributed by atoms with Crippen molar-refractivity contribution in [3.05, 3.63) is 82.9 Å². The average Bonchev–Trinajstić information content (AvgIpc) is 3.17. The van der Waals surface area contributed by atoms with Gasteiger partial charge in [0.2, 0.25) is 0 Å². The Morgan fingerprint density at radius 1 is 1.10 bits per heavy atom. The lowest BCUT2D eigenvalue weighted by molar-refractivity contribution is -0.116. The van der Waals surface area contributed by atoms with E-state index in [-0.39, 0.29) is 23.5 Å². The normalized spacial score (nSPS) is 23.9. The third-order valence-corrected chi connectivity index (χ3v) is 6.40. The minimum Gasteiger partial charge on any atom is -0.355 e. The van der Waals surface area contributed by atoms with E-state index in [0.29, 0.717) is 11.4 Å². The van der Waals surface area contributed by atoms with E-state index in [2.05, 4.69) is 46.8 Å². The monoisotopic (exact) mass is 399 g/mol. The van der Waals surface area contributed by atoms with Crippen LogP contribution in [0, 0.1) is 0 Å². The van der Waals surface area contributed by atoms with E-state index in [1.807, 2.05) is 23.2 Å². The number of aliphatic imine (C=N–C) groups is 1. The fraction of sp³-hybridized carbons (Fsp3) is 0.292. The Labute approximate surface area is 176 Å². The number of carbonyl (C=O) groups excluding carboxylic acids is 1. The van der Waals surface area contributed by atoms with Crippen LogP contribution in [-0.2, 0) is 10.3 Å². The first kappa shape index (κ1) is 18.8. The number of nitrogens with one attached hydrogen (secondary N) is 1. The molecular weight excluding hydrogens is 374 g/mol. The van der Waals surface area contributed by atoms with E-state index in [9.17, 15) is 4.79 Å². The Morgan fingerprint density at radius 3 is 2.47 bits per heavy atom. The van der Waals surface area contributed by atoms with Gasteiger partial charge < -0.3 is 11.1 Å². The molecule has 2 unspecified atom stereocenters. The maximum Gasteiger partial charge on any atom is 0.254 e. The molecule has 1 amide bonds. The number of hydrazone groups is 1. The van der Waals surface area contributed by atoms with Gasteiger partial charge in [-0.1, -0.05) is 54.6 Å². The zero-order valence-electron chi connectivity index (χ0n) is 17.0. The van der Waals surface area contributed by atoms with Crippen molar-refractivity contribution in [1.29, 1.82) is 0 Å². The van der Waals surface area contributed by atoms with Crippen molar-refractivity contribution in [1.82, 2.24) is 10.3 Å². The number of hydrogen-bond donors (Lipinski definition) is 2. The first-order chi connectivity index (χ1) is 14.6. The molecule has 1 saturated carbocycles. The standard InChI is InChI=1S/C24H25N5O/c1-26-23(30)19-12-15-27-29-21(17-6-3-2-4-7-17)20(28-22(19)29)16-8-10-18(11-9-16)24(25)13-5-14-24/h2-4,6-12,15,20-21H,5,13-14,25H2,1H3,(H,26,30). The fourth-order valence-electron chi connectivity index (χ4n) is 4.50. The number of amidine groups is 1. The molecule has 30 heavy (non-hydrogen) atoms. The lowest BCUT2D eigenvalue weighted by atomic mass is 9.72. The third-order valence-electron chi connectivity index (χ3n) is 6.40. The first-order valence-electron chi connectivity index (χ1n) is 10.4. The van der Waals surface area contributed by atoms with Gasteiger partial charge in [-0.05, 0) is 42.0 Å². The number of hydrogen-bond acceptors (Lipinski definition) is 5. The van der Waals surface area contributed by atoms with Gasteiger partial charge in [0.25, 0.3) is 5.91 Å². The molecule has 0 bridgehead atoms. The summed E-state index contributed by atoms with van der Waals surface area (Å²) in [6, 6.07) is 18.4. The fourth-order valence-corrected chi connectivity index (χ4v) is 4.50. The van der Waals surface area contributed by atoms with Crippen LogP contribution in [0.5, 0.6) is 0 Å². The molecule has 2 aliphatic heterocycles. The summed E-state index contributed by atoms with van der Waals surface area (Å²) in [5.41, 5.74) is 10.2. The van der Waals surface area contributed by atoms with E-state index in [4.69, 9.17) is 10.7 Å². The summed E-state index contributed by atoms with van der Waals surface area (Å²) >= 11 is 0. The molecule has 0 spiro atoms. The largest absolute Gasteiger partial charge is 0.355 e. The van der Waals surface area contributed by atoms with E-state index in [1.54, 1.807) is 19.3 Å². The maximum absolute atomic E-state index is 12.4. The number of benzene rings is 2. The van der Waals surface area contributed by atoms with Crippen molar-refractivity contribution >= 4 is 18.0 Å². The zero-order chi connectivity index (χ0) is 20.7. The molecule has 0 saturated heterocycles. The Hall–Kier alpha value is -3.25. The molecule has 5 rings (SSSR count). The summed E-state index contributed by atoms with van der Waals surface area (Å²) in [6.45, 7) is 0. The van der Waals surface area contributed by atoms with Gasteiger partial charge in [-0.15, -0.1) is 0 Å². The van der Waals surface area contributed by atoms with Crippen molar-refractivity contribution in [2.75, 3.05) is 7.05 Å². The Kier molecular flexibility index (Phi) is 4.51. The Balaban J connectivity index is 1.56. The van der Waals surface area contributed by atoms with Crippen LogP contribution in [-0.4, -0.2) is 30.0 Å². The van der Waals surface area contributed by atoms with Crippen molar-refractivity contribution in [3.63, 3.8) is 0 Å². The molecule has 1 aliphatic carbocycles. The lowest BCUT2D eigenvalue weighted by Crippen LogP contribution is -2.43. The Morgan fingerprint density at radius 2 is 1.83 bits per heavy atom. The molecule has 2 atom stereocenters. The molecule has 2 aromatic rings. The van der Waals surface area contributed by atoms with Gasteiger partial charge in [0, 0.05) is 18.8 Å². The average molecular weight is 399 g/mol. The van der Waals surface area contributed by atoms with Crippen molar-refractivity contribution in [2.24, 2.45) is 15.8 Å². The van der Waals surface area contributed by atoms with Crippen LogP contribution in [0.2, 0.25) is 0 Å². The van der Waals surface area contributed by atoms with Gasteiger partial charge in [0.15, 0.2) is 5.84 Å². The third kappa shape index (κ3) is 2.95. The van der Waals surface area contributed by atoms with Gasteiger partial charge >= 0.3 is 0 Å². The number of nitrogens with two attached hydrogens (primary N) is 1. The van der Waals surface area contributed by atoms with E-state index < -0.39 is 0 Å². The summed E-state index contributed by atoms with van der Waals surface area (Å²) in [5.74, 6) is 0.442. The van der Waals surface area contributed by atoms with Gasteiger partial charge in [0.05, 0.1) is 5.57 Å². The second-order valence-corrected chi connectivity index (χ2v) is 8.15. The van der Waals surface area contributed by atoms with Crippen LogP contribution in [0.1, 0.15) is 48.0 Å². The quantitative estimate of drug-likeness (QED) is 0.828. The highest BCUT2D eigenvalue weighted by Crippen LogP contribution is 2.45. The molecule has 1 fully saturated rings. The summed E-state index contributed by atoms with van der Waals surface area (Å²) in [5, 5.41) is 9.15. The van der Waals surface area contributed by atoms with Gasteiger partial charge in [-0.25, -0.2) is 5.01 Å². The highest BCUT2D eigenvalue weighted by Gasteiger charge is 2.42. The number of amides is 1. The van der Waals surface area contributed by atoms with Gasteiger partial charge in [-0.3, -0.25) is 9.79 Å². The number of likely N-dealkylation sites (N-methyl/N-ethyl adjacent to an activating group) is 1. The molecule has 2 heterocycles. The van der Waals surface area contributed by atoms with E-state index >= 15 is 0 Å². The summed E-state index contributed by atoms with van der Waals surface area (Å²) in [4.78, 5) is 17.4. The highest BCUT2D eigenvalue weighted by atomic mass is 16.1. The zero-order valence-corrected chi connectivity index (χ0v) is 17.0.